The number of carbonyl (C=O) groups excluding carboxylic acids is 1. The third-order valence-corrected chi connectivity index (χ3v) is 7.28. The fraction of sp³-hybridized carbons (Fsp3) is 0.286. The van der Waals surface area contributed by atoms with Crippen LogP contribution in [0.5, 0.6) is 0 Å². The van der Waals surface area contributed by atoms with E-state index in [0.717, 1.165) is 15.4 Å². The number of rotatable bonds is 4. The molecule has 1 N–H and O–H groups in total. The van der Waals surface area contributed by atoms with Gasteiger partial charge in [-0.3, -0.25) is 4.79 Å². The van der Waals surface area contributed by atoms with Gasteiger partial charge < -0.3 is 9.32 Å². The van der Waals surface area contributed by atoms with Gasteiger partial charge in [0.25, 0.3) is 5.91 Å². The van der Waals surface area contributed by atoms with Gasteiger partial charge in [0.15, 0.2) is 5.76 Å². The van der Waals surface area contributed by atoms with Crippen molar-refractivity contribution in [1.82, 2.24) is 9.62 Å². The number of nitrogens with one attached hydrogen (secondary N) is 1. The predicted octanol–water partition coefficient (Wildman–Crippen LogP) is 4.09. The van der Waals surface area contributed by atoms with E-state index in [-0.39, 0.29) is 16.8 Å². The minimum absolute atomic E-state index is 0.154. The predicted molar refractivity (Wildman–Crippen MR) is 114 cm³/mol. The Morgan fingerprint density at radius 3 is 2.52 bits per heavy atom. The standard InChI is InChI=1S/C21H21BrN2O4S/c1-14-18-13-15(22)7-8-19(18)28-20(14)21(25)24-11-9-16(10-12-24)23-29(26,27)17-5-3-2-4-6-17/h2-8,13,16,23H,9-12H2,1H3. The van der Waals surface area contributed by atoms with Crippen molar-refractivity contribution in [3.05, 3.63) is 64.3 Å². The van der Waals surface area contributed by atoms with Gasteiger partial charge in [0.05, 0.1) is 4.90 Å². The first-order chi connectivity index (χ1) is 13.8. The molecule has 29 heavy (non-hydrogen) atoms. The smallest absolute Gasteiger partial charge is 0.289 e. The molecule has 0 atom stereocenters. The summed E-state index contributed by atoms with van der Waals surface area (Å²) in [5.74, 6) is 0.195. The second kappa shape index (κ2) is 7.93. The highest BCUT2D eigenvalue weighted by molar-refractivity contribution is 9.10. The minimum Gasteiger partial charge on any atom is -0.451 e. The average Bonchev–Trinajstić information content (AvgIpc) is 3.04. The van der Waals surface area contributed by atoms with Gasteiger partial charge in [-0.2, -0.15) is 0 Å². The van der Waals surface area contributed by atoms with Crippen molar-refractivity contribution >= 4 is 42.8 Å². The summed E-state index contributed by atoms with van der Waals surface area (Å²) in [4.78, 5) is 15.0. The highest BCUT2D eigenvalue weighted by atomic mass is 79.9. The van der Waals surface area contributed by atoms with E-state index < -0.39 is 10.0 Å². The number of carbonyl (C=O) groups is 1. The Morgan fingerprint density at radius 1 is 1.14 bits per heavy atom. The largest absolute Gasteiger partial charge is 0.451 e. The highest BCUT2D eigenvalue weighted by Crippen LogP contribution is 2.29. The second-order valence-corrected chi connectivity index (χ2v) is 9.83. The number of sulfonamides is 1. The molecular weight excluding hydrogens is 456 g/mol. The summed E-state index contributed by atoms with van der Waals surface area (Å²) in [6.45, 7) is 2.83. The Hall–Kier alpha value is -2.16. The molecule has 2 aromatic carbocycles. The molecule has 2 heterocycles. The molecule has 1 fully saturated rings. The van der Waals surface area contributed by atoms with Gasteiger partial charge >= 0.3 is 0 Å². The molecule has 0 aliphatic carbocycles. The van der Waals surface area contributed by atoms with Gasteiger partial charge in [-0.25, -0.2) is 13.1 Å². The third-order valence-electron chi connectivity index (χ3n) is 5.25. The van der Waals surface area contributed by atoms with Crippen LogP contribution in [0.1, 0.15) is 29.0 Å². The maximum absolute atomic E-state index is 13.0. The molecule has 0 saturated carbocycles. The van der Waals surface area contributed by atoms with E-state index in [9.17, 15) is 13.2 Å². The van der Waals surface area contributed by atoms with Crippen LogP contribution in [0.25, 0.3) is 11.0 Å². The van der Waals surface area contributed by atoms with Crippen molar-refractivity contribution in [2.75, 3.05) is 13.1 Å². The van der Waals surface area contributed by atoms with Gasteiger partial charge in [0.2, 0.25) is 10.0 Å². The van der Waals surface area contributed by atoms with Crippen LogP contribution in [0.4, 0.5) is 0 Å². The lowest BCUT2D eigenvalue weighted by Crippen LogP contribution is -2.46. The molecule has 3 aromatic rings. The number of furan rings is 1. The molecule has 1 aliphatic rings. The van der Waals surface area contributed by atoms with Crippen molar-refractivity contribution in [3.8, 4) is 0 Å². The lowest BCUT2D eigenvalue weighted by Gasteiger charge is -2.31. The lowest BCUT2D eigenvalue weighted by atomic mass is 10.1. The molecule has 1 saturated heterocycles. The molecule has 1 aromatic heterocycles. The molecule has 0 spiro atoms. The normalized spacial score (nSPS) is 15.7. The SMILES string of the molecule is Cc1c(C(=O)N2CCC(NS(=O)(=O)c3ccccc3)CC2)oc2ccc(Br)cc12. The molecular formula is C21H21BrN2O4S. The maximum Gasteiger partial charge on any atom is 0.289 e. The topological polar surface area (TPSA) is 79.6 Å². The summed E-state index contributed by atoms with van der Waals surface area (Å²) in [7, 11) is -3.55. The van der Waals surface area contributed by atoms with E-state index in [4.69, 9.17) is 4.42 Å². The first-order valence-electron chi connectivity index (χ1n) is 9.40. The van der Waals surface area contributed by atoms with Crippen molar-refractivity contribution in [2.45, 2.75) is 30.7 Å². The first-order valence-corrected chi connectivity index (χ1v) is 11.7. The Balaban J connectivity index is 1.43. The van der Waals surface area contributed by atoms with Gasteiger partial charge in [-0.15, -0.1) is 0 Å². The Labute approximate surface area is 178 Å². The zero-order valence-electron chi connectivity index (χ0n) is 15.9. The zero-order chi connectivity index (χ0) is 20.6. The maximum atomic E-state index is 13.0. The number of halogens is 1. The Bertz CT molecular complexity index is 1150. The number of hydrogen-bond acceptors (Lipinski definition) is 4. The van der Waals surface area contributed by atoms with Crippen LogP contribution < -0.4 is 4.72 Å². The van der Waals surface area contributed by atoms with E-state index in [1.807, 2.05) is 25.1 Å². The summed E-state index contributed by atoms with van der Waals surface area (Å²) >= 11 is 3.44. The molecule has 8 heteroatoms. The van der Waals surface area contributed by atoms with E-state index in [1.54, 1.807) is 35.2 Å². The van der Waals surface area contributed by atoms with Crippen molar-refractivity contribution in [2.24, 2.45) is 0 Å². The number of amides is 1. The molecule has 0 bridgehead atoms. The van der Waals surface area contributed by atoms with Crippen molar-refractivity contribution in [1.29, 1.82) is 0 Å². The first kappa shape index (κ1) is 20.1. The number of piperidine rings is 1. The van der Waals surface area contributed by atoms with E-state index in [1.165, 1.54) is 0 Å². The van der Waals surface area contributed by atoms with Crippen LogP contribution in [0.2, 0.25) is 0 Å². The molecule has 4 rings (SSSR count). The fourth-order valence-corrected chi connectivity index (χ4v) is 5.32. The van der Waals surface area contributed by atoms with Crippen LogP contribution in [-0.4, -0.2) is 38.4 Å². The van der Waals surface area contributed by atoms with Crippen molar-refractivity contribution in [3.63, 3.8) is 0 Å². The fourth-order valence-electron chi connectivity index (χ4n) is 3.63. The number of likely N-dealkylation sites (tertiary alicyclic amines) is 1. The highest BCUT2D eigenvalue weighted by Gasteiger charge is 2.29. The quantitative estimate of drug-likeness (QED) is 0.614. The number of fused-ring (bicyclic) bond motifs is 1. The zero-order valence-corrected chi connectivity index (χ0v) is 18.3. The van der Waals surface area contributed by atoms with Crippen LogP contribution in [0, 0.1) is 6.92 Å². The summed E-state index contributed by atoms with van der Waals surface area (Å²) in [5, 5.41) is 0.910. The van der Waals surface area contributed by atoms with E-state index >= 15 is 0 Å². The minimum atomic E-state index is -3.55. The monoisotopic (exact) mass is 476 g/mol. The van der Waals surface area contributed by atoms with E-state index in [2.05, 4.69) is 20.7 Å². The number of nitrogens with zero attached hydrogens (tertiary/aromatic N) is 1. The van der Waals surface area contributed by atoms with Crippen LogP contribution in [-0.2, 0) is 10.0 Å². The Kier molecular flexibility index (Phi) is 5.50. The molecule has 0 radical (unpaired) electrons. The summed E-state index contributed by atoms with van der Waals surface area (Å²) < 4.78 is 34.5. The number of benzene rings is 2. The Morgan fingerprint density at radius 2 is 1.83 bits per heavy atom. The average molecular weight is 477 g/mol. The summed E-state index contributed by atoms with van der Waals surface area (Å²) in [5.41, 5.74) is 1.50. The van der Waals surface area contributed by atoms with E-state index in [0.29, 0.717) is 37.3 Å². The summed E-state index contributed by atoms with van der Waals surface area (Å²) in [6, 6.07) is 13.8. The van der Waals surface area contributed by atoms with Gasteiger partial charge in [0, 0.05) is 34.6 Å². The number of hydrogen-bond donors (Lipinski definition) is 1. The summed E-state index contributed by atoms with van der Waals surface area (Å²) in [6.07, 6.45) is 1.12. The molecule has 1 aliphatic heterocycles. The molecule has 152 valence electrons. The van der Waals surface area contributed by atoms with Crippen LogP contribution in [0.15, 0.2) is 62.3 Å². The van der Waals surface area contributed by atoms with Gasteiger partial charge in [-0.1, -0.05) is 34.1 Å². The lowest BCUT2D eigenvalue weighted by molar-refractivity contribution is 0.0680. The van der Waals surface area contributed by atoms with Crippen LogP contribution in [0.3, 0.4) is 0 Å². The van der Waals surface area contributed by atoms with Gasteiger partial charge in [-0.05, 0) is 50.1 Å². The molecule has 6 nitrogen and oxygen atoms in total. The van der Waals surface area contributed by atoms with Gasteiger partial charge in [0.1, 0.15) is 5.58 Å². The number of aryl methyl sites for hydroxylation is 1. The second-order valence-electron chi connectivity index (χ2n) is 7.20. The van der Waals surface area contributed by atoms with Crippen LogP contribution >= 0.6 is 15.9 Å². The molecule has 0 unspecified atom stereocenters. The molecule has 1 amide bonds. The third kappa shape index (κ3) is 4.10. The van der Waals surface area contributed by atoms with Crippen molar-refractivity contribution < 1.29 is 17.6 Å².